The van der Waals surface area contributed by atoms with Crippen molar-refractivity contribution in [3.63, 3.8) is 0 Å². The highest BCUT2D eigenvalue weighted by atomic mass is 79.9. The minimum absolute atomic E-state index is 0.0931. The van der Waals surface area contributed by atoms with Gasteiger partial charge in [0.15, 0.2) is 5.78 Å². The highest BCUT2D eigenvalue weighted by Gasteiger charge is 2.07. The van der Waals surface area contributed by atoms with Gasteiger partial charge in [-0.05, 0) is 36.8 Å². The molecule has 0 saturated carbocycles. The molecule has 0 unspecified atom stereocenters. The number of hydrogen-bond donors (Lipinski definition) is 0. The molecule has 0 aliphatic carbocycles. The zero-order valence-electron chi connectivity index (χ0n) is 9.48. The molecule has 86 valence electrons. The maximum Gasteiger partial charge on any atom is 0.168 e. The molecule has 0 amide bonds. The summed E-state index contributed by atoms with van der Waals surface area (Å²) < 4.78 is 0.991. The van der Waals surface area contributed by atoms with Crippen LogP contribution < -0.4 is 0 Å². The van der Waals surface area contributed by atoms with E-state index in [-0.39, 0.29) is 5.78 Å². The van der Waals surface area contributed by atoms with Gasteiger partial charge in [-0.2, -0.15) is 0 Å². The summed E-state index contributed by atoms with van der Waals surface area (Å²) in [6.45, 7) is 1.91. The second-order valence-electron chi connectivity index (χ2n) is 3.92. The molecule has 1 aromatic heterocycles. The van der Waals surface area contributed by atoms with Gasteiger partial charge in [-0.15, -0.1) is 0 Å². The maximum absolute atomic E-state index is 12.0. The summed E-state index contributed by atoms with van der Waals surface area (Å²) in [5.41, 5.74) is 2.59. The van der Waals surface area contributed by atoms with Crippen LogP contribution in [0, 0.1) is 6.92 Å². The average Bonchev–Trinajstić information content (AvgIpc) is 2.29. The van der Waals surface area contributed by atoms with Crippen LogP contribution in [0.2, 0.25) is 0 Å². The molecular formula is C14H12BrNO. The Kier molecular flexibility index (Phi) is 3.69. The van der Waals surface area contributed by atoms with Gasteiger partial charge in [0.2, 0.25) is 0 Å². The minimum atomic E-state index is 0.0931. The third kappa shape index (κ3) is 3.24. The summed E-state index contributed by atoms with van der Waals surface area (Å²) in [4.78, 5) is 16.1. The second-order valence-corrected chi connectivity index (χ2v) is 4.83. The number of halogens is 1. The summed E-state index contributed by atoms with van der Waals surface area (Å²) in [7, 11) is 0. The van der Waals surface area contributed by atoms with Crippen LogP contribution in [0.15, 0.2) is 47.1 Å². The molecule has 0 bridgehead atoms. The fourth-order valence-electron chi connectivity index (χ4n) is 1.57. The number of hydrogen-bond acceptors (Lipinski definition) is 2. The van der Waals surface area contributed by atoms with E-state index < -0.39 is 0 Å². The van der Waals surface area contributed by atoms with Crippen molar-refractivity contribution >= 4 is 21.7 Å². The summed E-state index contributed by atoms with van der Waals surface area (Å²) in [5.74, 6) is 0.0931. The molecule has 0 aliphatic heterocycles. The number of benzene rings is 1. The number of pyridine rings is 1. The Balaban J connectivity index is 2.14. The Morgan fingerprint density at radius 3 is 2.76 bits per heavy atom. The van der Waals surface area contributed by atoms with E-state index in [9.17, 15) is 4.79 Å². The maximum atomic E-state index is 12.0. The Bertz CT molecular complexity index is 534. The SMILES string of the molecule is Cc1ccc(C(=O)Cc2cccc(Br)c2)cn1. The lowest BCUT2D eigenvalue weighted by Gasteiger charge is -2.02. The van der Waals surface area contributed by atoms with Crippen molar-refractivity contribution in [3.8, 4) is 0 Å². The average molecular weight is 290 g/mol. The Labute approximate surface area is 109 Å². The Morgan fingerprint density at radius 2 is 2.12 bits per heavy atom. The lowest BCUT2D eigenvalue weighted by Crippen LogP contribution is -2.04. The highest BCUT2D eigenvalue weighted by Crippen LogP contribution is 2.13. The van der Waals surface area contributed by atoms with Crippen LogP contribution in [0.25, 0.3) is 0 Å². The number of nitrogens with zero attached hydrogens (tertiary/aromatic N) is 1. The van der Waals surface area contributed by atoms with E-state index in [0.717, 1.165) is 15.7 Å². The van der Waals surface area contributed by atoms with Gasteiger partial charge in [-0.1, -0.05) is 28.1 Å². The van der Waals surface area contributed by atoms with Crippen LogP contribution in [0.3, 0.4) is 0 Å². The molecule has 0 aliphatic rings. The fraction of sp³-hybridized carbons (Fsp3) is 0.143. The zero-order chi connectivity index (χ0) is 12.3. The lowest BCUT2D eigenvalue weighted by atomic mass is 10.0. The monoisotopic (exact) mass is 289 g/mol. The highest BCUT2D eigenvalue weighted by molar-refractivity contribution is 9.10. The van der Waals surface area contributed by atoms with Crippen molar-refractivity contribution in [2.45, 2.75) is 13.3 Å². The van der Waals surface area contributed by atoms with E-state index in [1.165, 1.54) is 0 Å². The van der Waals surface area contributed by atoms with Gasteiger partial charge in [0.1, 0.15) is 0 Å². The first kappa shape index (κ1) is 12.0. The third-order valence-corrected chi connectivity index (χ3v) is 2.98. The van der Waals surface area contributed by atoms with Crippen molar-refractivity contribution in [2.24, 2.45) is 0 Å². The van der Waals surface area contributed by atoms with Gasteiger partial charge in [-0.25, -0.2) is 0 Å². The molecule has 17 heavy (non-hydrogen) atoms. The van der Waals surface area contributed by atoms with E-state index in [1.54, 1.807) is 6.20 Å². The number of ketones is 1. The van der Waals surface area contributed by atoms with E-state index in [2.05, 4.69) is 20.9 Å². The fourth-order valence-corrected chi connectivity index (χ4v) is 2.01. The van der Waals surface area contributed by atoms with Gasteiger partial charge < -0.3 is 0 Å². The zero-order valence-corrected chi connectivity index (χ0v) is 11.1. The van der Waals surface area contributed by atoms with Gasteiger partial charge >= 0.3 is 0 Å². The Morgan fingerprint density at radius 1 is 1.29 bits per heavy atom. The molecule has 2 nitrogen and oxygen atoms in total. The molecular weight excluding hydrogens is 278 g/mol. The number of Topliss-reactive ketones (excluding diaryl/α,β-unsaturated/α-hetero) is 1. The third-order valence-electron chi connectivity index (χ3n) is 2.49. The van der Waals surface area contributed by atoms with Crippen LogP contribution in [0.5, 0.6) is 0 Å². The van der Waals surface area contributed by atoms with Gasteiger partial charge in [0.05, 0.1) is 0 Å². The molecule has 0 saturated heterocycles. The van der Waals surface area contributed by atoms with Crippen molar-refractivity contribution in [1.82, 2.24) is 4.98 Å². The van der Waals surface area contributed by atoms with Gasteiger partial charge in [0.25, 0.3) is 0 Å². The predicted octanol–water partition coefficient (Wildman–Crippen LogP) is 3.58. The van der Waals surface area contributed by atoms with Gasteiger partial charge in [0, 0.05) is 28.3 Å². The van der Waals surface area contributed by atoms with Crippen molar-refractivity contribution < 1.29 is 4.79 Å². The van der Waals surface area contributed by atoms with E-state index in [1.807, 2.05) is 43.3 Å². The molecule has 2 aromatic rings. The van der Waals surface area contributed by atoms with Crippen LogP contribution in [-0.2, 0) is 6.42 Å². The van der Waals surface area contributed by atoms with Crippen molar-refractivity contribution in [1.29, 1.82) is 0 Å². The normalized spacial score (nSPS) is 10.2. The lowest BCUT2D eigenvalue weighted by molar-refractivity contribution is 0.0992. The van der Waals surface area contributed by atoms with Crippen LogP contribution >= 0.6 is 15.9 Å². The van der Waals surface area contributed by atoms with Crippen LogP contribution in [0.1, 0.15) is 21.6 Å². The minimum Gasteiger partial charge on any atom is -0.294 e. The first-order valence-electron chi connectivity index (χ1n) is 5.35. The first-order valence-corrected chi connectivity index (χ1v) is 6.15. The standard InChI is InChI=1S/C14H12BrNO/c1-10-5-6-12(9-16-10)14(17)8-11-3-2-4-13(15)7-11/h2-7,9H,8H2,1H3. The van der Waals surface area contributed by atoms with Gasteiger partial charge in [-0.3, -0.25) is 9.78 Å². The summed E-state index contributed by atoms with van der Waals surface area (Å²) >= 11 is 3.39. The first-order chi connectivity index (χ1) is 8.15. The summed E-state index contributed by atoms with van der Waals surface area (Å²) in [6.07, 6.45) is 2.04. The molecule has 0 radical (unpaired) electrons. The summed E-state index contributed by atoms with van der Waals surface area (Å²) in [5, 5.41) is 0. The number of aryl methyl sites for hydroxylation is 1. The van der Waals surface area contributed by atoms with E-state index in [4.69, 9.17) is 0 Å². The molecule has 2 rings (SSSR count). The number of carbonyl (C=O) groups excluding carboxylic acids is 1. The number of carbonyl (C=O) groups is 1. The van der Waals surface area contributed by atoms with Crippen LogP contribution in [0.4, 0.5) is 0 Å². The molecule has 0 spiro atoms. The largest absolute Gasteiger partial charge is 0.294 e. The topological polar surface area (TPSA) is 30.0 Å². The molecule has 1 heterocycles. The quantitative estimate of drug-likeness (QED) is 0.809. The van der Waals surface area contributed by atoms with E-state index >= 15 is 0 Å². The molecule has 1 aromatic carbocycles. The predicted molar refractivity (Wildman–Crippen MR) is 71.2 cm³/mol. The molecule has 0 atom stereocenters. The van der Waals surface area contributed by atoms with Crippen LogP contribution in [-0.4, -0.2) is 10.8 Å². The molecule has 0 fully saturated rings. The Hall–Kier alpha value is -1.48. The molecule has 3 heteroatoms. The van der Waals surface area contributed by atoms with Crippen molar-refractivity contribution in [2.75, 3.05) is 0 Å². The van der Waals surface area contributed by atoms with E-state index in [0.29, 0.717) is 12.0 Å². The number of rotatable bonds is 3. The second kappa shape index (κ2) is 5.23. The number of aromatic nitrogens is 1. The molecule has 0 N–H and O–H groups in total. The van der Waals surface area contributed by atoms with Crippen molar-refractivity contribution in [3.05, 3.63) is 63.9 Å². The summed E-state index contributed by atoms with van der Waals surface area (Å²) in [6, 6.07) is 11.5. The smallest absolute Gasteiger partial charge is 0.168 e.